The lowest BCUT2D eigenvalue weighted by atomic mass is 9.98. The van der Waals surface area contributed by atoms with Crippen molar-refractivity contribution in [2.45, 2.75) is 18.9 Å². The van der Waals surface area contributed by atoms with Gasteiger partial charge in [-0.2, -0.15) is 0 Å². The van der Waals surface area contributed by atoms with Gasteiger partial charge in [0.15, 0.2) is 0 Å². The molecule has 0 unspecified atom stereocenters. The van der Waals surface area contributed by atoms with E-state index in [0.717, 1.165) is 44.7 Å². The fraction of sp³-hybridized carbons (Fsp3) is 0.500. The van der Waals surface area contributed by atoms with Crippen LogP contribution in [-0.2, 0) is 4.79 Å². The molecular formula is C16H22N4O2. The molecule has 1 aromatic carbocycles. The number of carbonyl (C=O) groups excluding carboxylic acids is 2. The molecule has 6 heteroatoms. The fourth-order valence-corrected chi connectivity index (χ4v) is 2.84. The lowest BCUT2D eigenvalue weighted by molar-refractivity contribution is -0.138. The molecule has 1 aromatic rings. The van der Waals surface area contributed by atoms with Crippen molar-refractivity contribution in [1.29, 1.82) is 0 Å². The Morgan fingerprint density at radius 2 is 1.77 bits per heavy atom. The number of anilines is 1. The molecule has 0 saturated carbocycles. The Morgan fingerprint density at radius 3 is 2.36 bits per heavy atom. The van der Waals surface area contributed by atoms with Crippen molar-refractivity contribution in [3.63, 3.8) is 0 Å². The smallest absolute Gasteiger partial charge is 0.319 e. The van der Waals surface area contributed by atoms with E-state index >= 15 is 0 Å². The van der Waals surface area contributed by atoms with Crippen LogP contribution in [0.4, 0.5) is 10.5 Å². The van der Waals surface area contributed by atoms with E-state index in [4.69, 9.17) is 0 Å². The second-order valence-electron chi connectivity index (χ2n) is 5.92. The van der Waals surface area contributed by atoms with Crippen LogP contribution in [0.3, 0.4) is 0 Å². The van der Waals surface area contributed by atoms with Crippen LogP contribution < -0.4 is 16.0 Å². The molecule has 3 N–H and O–H groups in total. The van der Waals surface area contributed by atoms with Crippen molar-refractivity contribution in [2.75, 3.05) is 31.5 Å². The number of urea groups is 1. The average Bonchev–Trinajstić information content (AvgIpc) is 2.47. The topological polar surface area (TPSA) is 73.5 Å². The Kier molecular flexibility index (Phi) is 4.58. The van der Waals surface area contributed by atoms with E-state index in [9.17, 15) is 9.59 Å². The van der Waals surface area contributed by atoms with Gasteiger partial charge in [0.25, 0.3) is 0 Å². The molecule has 2 fully saturated rings. The summed E-state index contributed by atoms with van der Waals surface area (Å²) in [4.78, 5) is 26.0. The molecule has 0 aliphatic carbocycles. The van der Waals surface area contributed by atoms with Gasteiger partial charge in [0, 0.05) is 37.9 Å². The summed E-state index contributed by atoms with van der Waals surface area (Å²) in [5, 5.41) is 8.93. The summed E-state index contributed by atoms with van der Waals surface area (Å²) in [5.41, 5.74) is 0.782. The van der Waals surface area contributed by atoms with Gasteiger partial charge in [-0.15, -0.1) is 0 Å². The lowest BCUT2D eigenvalue weighted by Gasteiger charge is -2.37. The van der Waals surface area contributed by atoms with E-state index in [1.165, 1.54) is 0 Å². The fourth-order valence-electron chi connectivity index (χ4n) is 2.84. The number of piperidine rings is 1. The maximum Gasteiger partial charge on any atom is 0.319 e. The van der Waals surface area contributed by atoms with Gasteiger partial charge >= 0.3 is 6.03 Å². The molecule has 0 bridgehead atoms. The van der Waals surface area contributed by atoms with Crippen LogP contribution in [0.15, 0.2) is 30.3 Å². The van der Waals surface area contributed by atoms with E-state index in [1.807, 2.05) is 35.2 Å². The van der Waals surface area contributed by atoms with E-state index in [-0.39, 0.29) is 23.9 Å². The quantitative estimate of drug-likeness (QED) is 0.780. The molecule has 0 atom stereocenters. The van der Waals surface area contributed by atoms with Gasteiger partial charge in [-0.25, -0.2) is 4.79 Å². The first-order valence-electron chi connectivity index (χ1n) is 7.84. The van der Waals surface area contributed by atoms with E-state index in [0.29, 0.717) is 0 Å². The van der Waals surface area contributed by atoms with Gasteiger partial charge in [0.2, 0.25) is 5.91 Å². The second-order valence-corrected chi connectivity index (χ2v) is 5.92. The van der Waals surface area contributed by atoms with Crippen molar-refractivity contribution in [3.8, 4) is 0 Å². The lowest BCUT2D eigenvalue weighted by Crippen LogP contribution is -2.55. The highest BCUT2D eigenvalue weighted by Gasteiger charge is 2.31. The Hall–Kier alpha value is -2.08. The van der Waals surface area contributed by atoms with Crippen LogP contribution in [0.5, 0.6) is 0 Å². The number of nitrogens with one attached hydrogen (secondary N) is 3. The molecule has 2 saturated heterocycles. The molecule has 3 rings (SSSR count). The van der Waals surface area contributed by atoms with Crippen molar-refractivity contribution >= 4 is 17.6 Å². The molecular weight excluding hydrogens is 280 g/mol. The number of para-hydroxylation sites is 1. The zero-order valence-electron chi connectivity index (χ0n) is 12.5. The summed E-state index contributed by atoms with van der Waals surface area (Å²) in [5.74, 6) is 0.414. The molecule has 0 spiro atoms. The van der Waals surface area contributed by atoms with Crippen LogP contribution in [-0.4, -0.2) is 49.1 Å². The van der Waals surface area contributed by atoms with E-state index < -0.39 is 0 Å². The van der Waals surface area contributed by atoms with Crippen molar-refractivity contribution in [3.05, 3.63) is 30.3 Å². The molecule has 118 valence electrons. The highest BCUT2D eigenvalue weighted by molar-refractivity contribution is 5.89. The first-order chi connectivity index (χ1) is 10.7. The van der Waals surface area contributed by atoms with Crippen LogP contribution >= 0.6 is 0 Å². The first-order valence-corrected chi connectivity index (χ1v) is 7.84. The zero-order valence-corrected chi connectivity index (χ0v) is 12.5. The Morgan fingerprint density at radius 1 is 1.09 bits per heavy atom. The highest BCUT2D eigenvalue weighted by atomic mass is 16.2. The first kappa shape index (κ1) is 14.8. The minimum atomic E-state index is -0.181. The van der Waals surface area contributed by atoms with Crippen LogP contribution in [0.1, 0.15) is 12.8 Å². The number of amides is 3. The number of carbonyl (C=O) groups is 2. The van der Waals surface area contributed by atoms with Crippen molar-refractivity contribution < 1.29 is 9.59 Å². The third kappa shape index (κ3) is 3.57. The molecule has 6 nitrogen and oxygen atoms in total. The van der Waals surface area contributed by atoms with Gasteiger partial charge in [0.05, 0.1) is 5.92 Å². The molecule has 2 aliphatic rings. The summed E-state index contributed by atoms with van der Waals surface area (Å²) < 4.78 is 0. The van der Waals surface area contributed by atoms with Gasteiger partial charge in [-0.1, -0.05) is 18.2 Å². The summed E-state index contributed by atoms with van der Waals surface area (Å²) in [6.45, 7) is 3.06. The average molecular weight is 302 g/mol. The number of nitrogens with zero attached hydrogens (tertiary/aromatic N) is 1. The third-order valence-corrected chi connectivity index (χ3v) is 4.30. The molecule has 0 radical (unpaired) electrons. The number of likely N-dealkylation sites (tertiary alicyclic amines) is 1. The number of hydrogen-bond donors (Lipinski definition) is 3. The van der Waals surface area contributed by atoms with Crippen molar-refractivity contribution in [2.24, 2.45) is 5.92 Å². The largest absolute Gasteiger partial charge is 0.342 e. The van der Waals surface area contributed by atoms with Gasteiger partial charge in [-0.3, -0.25) is 4.79 Å². The Balaban J connectivity index is 1.41. The van der Waals surface area contributed by atoms with Crippen molar-refractivity contribution in [1.82, 2.24) is 15.5 Å². The number of benzene rings is 1. The summed E-state index contributed by atoms with van der Waals surface area (Å²) >= 11 is 0. The predicted molar refractivity (Wildman–Crippen MR) is 84.6 cm³/mol. The monoisotopic (exact) mass is 302 g/mol. The van der Waals surface area contributed by atoms with Crippen LogP contribution in [0.2, 0.25) is 0 Å². The number of rotatable bonds is 3. The summed E-state index contributed by atoms with van der Waals surface area (Å²) in [6, 6.07) is 9.34. The van der Waals surface area contributed by atoms with Gasteiger partial charge < -0.3 is 20.9 Å². The SMILES string of the molecule is O=C(Nc1ccccc1)NC1CCN(C(=O)C2CNC2)CC1. The van der Waals surface area contributed by atoms with E-state index in [1.54, 1.807) is 0 Å². The molecule has 0 aromatic heterocycles. The van der Waals surface area contributed by atoms with Crippen LogP contribution in [0, 0.1) is 5.92 Å². The van der Waals surface area contributed by atoms with Crippen LogP contribution in [0.25, 0.3) is 0 Å². The van der Waals surface area contributed by atoms with Gasteiger partial charge in [0.1, 0.15) is 0 Å². The maximum atomic E-state index is 12.1. The third-order valence-electron chi connectivity index (χ3n) is 4.30. The predicted octanol–water partition coefficient (Wildman–Crippen LogP) is 1.02. The standard InChI is InChI=1S/C16H22N4O2/c21-15(12-10-17-11-12)20-8-6-14(7-9-20)19-16(22)18-13-4-2-1-3-5-13/h1-5,12,14,17H,6-11H2,(H2,18,19,22). The zero-order chi connectivity index (χ0) is 15.4. The molecule has 22 heavy (non-hydrogen) atoms. The Labute approximate surface area is 130 Å². The molecule has 3 amide bonds. The minimum absolute atomic E-state index is 0.132. The number of hydrogen-bond acceptors (Lipinski definition) is 3. The van der Waals surface area contributed by atoms with Gasteiger partial charge in [-0.05, 0) is 25.0 Å². The second kappa shape index (κ2) is 6.79. The highest BCUT2D eigenvalue weighted by Crippen LogP contribution is 2.15. The normalized spacial score (nSPS) is 19.4. The summed E-state index contributed by atoms with van der Waals surface area (Å²) in [6.07, 6.45) is 1.63. The summed E-state index contributed by atoms with van der Waals surface area (Å²) in [7, 11) is 0. The Bertz CT molecular complexity index is 522. The van der Waals surface area contributed by atoms with E-state index in [2.05, 4.69) is 16.0 Å². The minimum Gasteiger partial charge on any atom is -0.342 e. The maximum absolute atomic E-state index is 12.1. The molecule has 2 heterocycles. The molecule has 2 aliphatic heterocycles.